The van der Waals surface area contributed by atoms with E-state index < -0.39 is 0 Å². The molecule has 0 radical (unpaired) electrons. The Balaban J connectivity index is 2.91. The molecule has 0 fully saturated rings. The predicted molar refractivity (Wildman–Crippen MR) is 72.2 cm³/mol. The number of anilines is 2. The largest absolute Gasteiger partial charge is 0.399 e. The monoisotopic (exact) mass is 235 g/mol. The third kappa shape index (κ3) is 3.98. The molecule has 3 N–H and O–H groups in total. The van der Waals surface area contributed by atoms with Gasteiger partial charge in [0, 0.05) is 25.0 Å². The van der Waals surface area contributed by atoms with E-state index in [0.29, 0.717) is 6.54 Å². The topological polar surface area (TPSA) is 58.4 Å². The maximum absolute atomic E-state index is 11.5. The van der Waals surface area contributed by atoms with E-state index in [4.69, 9.17) is 5.73 Å². The first-order chi connectivity index (χ1) is 8.06. The molecule has 0 heterocycles. The Kier molecular flexibility index (Phi) is 4.82. The van der Waals surface area contributed by atoms with E-state index in [-0.39, 0.29) is 5.91 Å². The van der Waals surface area contributed by atoms with Crippen LogP contribution < -0.4 is 16.0 Å². The first-order valence-corrected chi connectivity index (χ1v) is 5.89. The van der Waals surface area contributed by atoms with Gasteiger partial charge in [0.2, 0.25) is 5.91 Å². The van der Waals surface area contributed by atoms with E-state index in [9.17, 15) is 4.79 Å². The van der Waals surface area contributed by atoms with Crippen molar-refractivity contribution in [3.05, 3.63) is 23.8 Å². The van der Waals surface area contributed by atoms with E-state index in [1.54, 1.807) is 7.05 Å². The molecule has 1 amide bonds. The predicted octanol–water partition coefficient (Wildman–Crippen LogP) is 1.54. The number of aryl methyl sites for hydroxylation is 1. The van der Waals surface area contributed by atoms with E-state index in [1.807, 2.05) is 24.0 Å². The van der Waals surface area contributed by atoms with Crippen molar-refractivity contribution in [2.75, 3.05) is 30.8 Å². The summed E-state index contributed by atoms with van der Waals surface area (Å²) in [7, 11) is 1.65. The van der Waals surface area contributed by atoms with Crippen LogP contribution in [0.15, 0.2) is 18.2 Å². The lowest BCUT2D eigenvalue weighted by molar-refractivity contribution is -0.119. The van der Waals surface area contributed by atoms with Crippen molar-refractivity contribution >= 4 is 17.3 Å². The first kappa shape index (κ1) is 13.4. The number of benzene rings is 1. The van der Waals surface area contributed by atoms with Crippen molar-refractivity contribution in [3.8, 4) is 0 Å². The molecule has 0 aliphatic rings. The van der Waals surface area contributed by atoms with Crippen molar-refractivity contribution < 1.29 is 4.79 Å². The summed E-state index contributed by atoms with van der Waals surface area (Å²) in [5.41, 5.74) is 8.68. The smallest absolute Gasteiger partial charge is 0.239 e. The van der Waals surface area contributed by atoms with Gasteiger partial charge in [0.15, 0.2) is 0 Å². The van der Waals surface area contributed by atoms with Gasteiger partial charge in [0.1, 0.15) is 0 Å². The summed E-state index contributed by atoms with van der Waals surface area (Å²) in [6.45, 7) is 5.31. The highest BCUT2D eigenvalue weighted by Crippen LogP contribution is 2.20. The second-order valence-electron chi connectivity index (χ2n) is 4.20. The van der Waals surface area contributed by atoms with Crippen molar-refractivity contribution in [3.63, 3.8) is 0 Å². The standard InChI is InChI=1S/C13H21N3O/c1-4-5-16(9-13(17)15-3)12-7-10(2)6-11(14)8-12/h6-8H,4-5,9,14H2,1-3H3,(H,15,17). The maximum atomic E-state index is 11.5. The average molecular weight is 235 g/mol. The van der Waals surface area contributed by atoms with Gasteiger partial charge in [-0.15, -0.1) is 0 Å². The molecule has 17 heavy (non-hydrogen) atoms. The summed E-state index contributed by atoms with van der Waals surface area (Å²) in [6.07, 6.45) is 0.991. The molecule has 0 spiro atoms. The molecule has 94 valence electrons. The van der Waals surface area contributed by atoms with Crippen LogP contribution in [0.2, 0.25) is 0 Å². The molecule has 0 aliphatic carbocycles. The van der Waals surface area contributed by atoms with Crippen LogP contribution in [-0.4, -0.2) is 26.0 Å². The summed E-state index contributed by atoms with van der Waals surface area (Å²) >= 11 is 0. The lowest BCUT2D eigenvalue weighted by Gasteiger charge is -2.24. The normalized spacial score (nSPS) is 10.1. The number of amides is 1. The van der Waals surface area contributed by atoms with Gasteiger partial charge in [-0.1, -0.05) is 6.92 Å². The Morgan fingerprint density at radius 2 is 2.12 bits per heavy atom. The fraction of sp³-hybridized carbons (Fsp3) is 0.462. The third-order valence-electron chi connectivity index (χ3n) is 2.56. The van der Waals surface area contributed by atoms with Crippen molar-refractivity contribution in [1.82, 2.24) is 5.32 Å². The summed E-state index contributed by atoms with van der Waals surface area (Å²) in [6, 6.07) is 5.88. The van der Waals surface area contributed by atoms with E-state index in [0.717, 1.165) is 29.9 Å². The molecule has 1 aromatic rings. The number of nitrogens with two attached hydrogens (primary N) is 1. The number of hydrogen-bond acceptors (Lipinski definition) is 3. The zero-order valence-electron chi connectivity index (χ0n) is 10.8. The Morgan fingerprint density at radius 3 is 2.65 bits per heavy atom. The van der Waals surface area contributed by atoms with Crippen LogP contribution in [0.4, 0.5) is 11.4 Å². The van der Waals surface area contributed by atoms with Gasteiger partial charge >= 0.3 is 0 Å². The minimum atomic E-state index is 0.0125. The molecule has 0 unspecified atom stereocenters. The second-order valence-corrected chi connectivity index (χ2v) is 4.20. The number of nitrogens with one attached hydrogen (secondary N) is 1. The van der Waals surface area contributed by atoms with Gasteiger partial charge in [0.25, 0.3) is 0 Å². The molecular formula is C13H21N3O. The molecule has 0 aromatic heterocycles. The van der Waals surface area contributed by atoms with Crippen LogP contribution in [0.25, 0.3) is 0 Å². The van der Waals surface area contributed by atoms with E-state index >= 15 is 0 Å². The number of carbonyl (C=O) groups excluding carboxylic acids is 1. The minimum absolute atomic E-state index is 0.0125. The molecule has 0 atom stereocenters. The highest BCUT2D eigenvalue weighted by Gasteiger charge is 2.10. The highest BCUT2D eigenvalue weighted by atomic mass is 16.1. The van der Waals surface area contributed by atoms with E-state index in [1.165, 1.54) is 0 Å². The second kappa shape index (κ2) is 6.13. The van der Waals surface area contributed by atoms with Gasteiger partial charge in [-0.2, -0.15) is 0 Å². The quantitative estimate of drug-likeness (QED) is 0.761. The molecule has 0 aliphatic heterocycles. The van der Waals surface area contributed by atoms with Crippen LogP contribution in [0.3, 0.4) is 0 Å². The molecule has 4 heteroatoms. The zero-order valence-corrected chi connectivity index (χ0v) is 10.8. The van der Waals surface area contributed by atoms with Crippen LogP contribution >= 0.6 is 0 Å². The number of nitrogen functional groups attached to an aromatic ring is 1. The molecule has 1 rings (SSSR count). The van der Waals surface area contributed by atoms with Crippen LogP contribution in [0.5, 0.6) is 0 Å². The fourth-order valence-corrected chi connectivity index (χ4v) is 1.80. The van der Waals surface area contributed by atoms with Crippen LogP contribution in [0, 0.1) is 6.92 Å². The summed E-state index contributed by atoms with van der Waals surface area (Å²) in [4.78, 5) is 13.5. The summed E-state index contributed by atoms with van der Waals surface area (Å²) in [5.74, 6) is 0.0125. The molecule has 1 aromatic carbocycles. The third-order valence-corrected chi connectivity index (χ3v) is 2.56. The van der Waals surface area contributed by atoms with Gasteiger partial charge < -0.3 is 16.0 Å². The van der Waals surface area contributed by atoms with Gasteiger partial charge in [-0.25, -0.2) is 0 Å². The number of hydrogen-bond donors (Lipinski definition) is 2. The molecule has 4 nitrogen and oxygen atoms in total. The van der Waals surface area contributed by atoms with E-state index in [2.05, 4.69) is 18.3 Å². The minimum Gasteiger partial charge on any atom is -0.399 e. The van der Waals surface area contributed by atoms with Gasteiger partial charge in [0.05, 0.1) is 6.54 Å². The molecule has 0 bridgehead atoms. The highest BCUT2D eigenvalue weighted by molar-refractivity contribution is 5.81. The Morgan fingerprint density at radius 1 is 1.41 bits per heavy atom. The lowest BCUT2D eigenvalue weighted by atomic mass is 10.1. The van der Waals surface area contributed by atoms with Crippen molar-refractivity contribution in [1.29, 1.82) is 0 Å². The Hall–Kier alpha value is -1.71. The maximum Gasteiger partial charge on any atom is 0.239 e. The lowest BCUT2D eigenvalue weighted by Crippen LogP contribution is -2.36. The number of nitrogens with zero attached hydrogens (tertiary/aromatic N) is 1. The first-order valence-electron chi connectivity index (χ1n) is 5.89. The molecule has 0 saturated heterocycles. The zero-order chi connectivity index (χ0) is 12.8. The number of carbonyl (C=O) groups is 1. The van der Waals surface area contributed by atoms with Gasteiger partial charge in [-0.05, 0) is 37.1 Å². The van der Waals surface area contributed by atoms with Crippen LogP contribution in [-0.2, 0) is 4.79 Å². The Labute approximate surface area is 103 Å². The molecular weight excluding hydrogens is 214 g/mol. The fourth-order valence-electron chi connectivity index (χ4n) is 1.80. The van der Waals surface area contributed by atoms with Crippen molar-refractivity contribution in [2.45, 2.75) is 20.3 Å². The SMILES string of the molecule is CCCN(CC(=O)NC)c1cc(C)cc(N)c1. The Bertz CT molecular complexity index is 370. The summed E-state index contributed by atoms with van der Waals surface area (Å²) in [5, 5.41) is 2.64. The number of rotatable bonds is 5. The summed E-state index contributed by atoms with van der Waals surface area (Å²) < 4.78 is 0. The molecule has 0 saturated carbocycles. The van der Waals surface area contributed by atoms with Gasteiger partial charge in [-0.3, -0.25) is 4.79 Å². The number of likely N-dealkylation sites (N-methyl/N-ethyl adjacent to an activating group) is 1. The average Bonchev–Trinajstić information content (AvgIpc) is 2.27. The van der Waals surface area contributed by atoms with Crippen LogP contribution in [0.1, 0.15) is 18.9 Å². The van der Waals surface area contributed by atoms with Crippen molar-refractivity contribution in [2.24, 2.45) is 0 Å².